The minimum atomic E-state index is -3.40. The van der Waals surface area contributed by atoms with Crippen LogP contribution in [0.1, 0.15) is 32.6 Å². The van der Waals surface area contributed by atoms with Gasteiger partial charge in [-0.15, -0.1) is 0 Å². The van der Waals surface area contributed by atoms with Crippen molar-refractivity contribution in [3.8, 4) is 5.75 Å². The quantitative estimate of drug-likeness (QED) is 0.742. The van der Waals surface area contributed by atoms with Gasteiger partial charge in [-0.25, -0.2) is 8.42 Å². The molecule has 1 aliphatic rings. The lowest BCUT2D eigenvalue weighted by molar-refractivity contribution is -0.132. The number of hydrogen-bond donors (Lipinski definition) is 0. The largest absolute Gasteiger partial charge is 0.497 e. The minimum Gasteiger partial charge on any atom is -0.497 e. The van der Waals surface area contributed by atoms with E-state index in [0.29, 0.717) is 36.7 Å². The van der Waals surface area contributed by atoms with E-state index in [4.69, 9.17) is 4.74 Å². The van der Waals surface area contributed by atoms with Crippen molar-refractivity contribution < 1.29 is 17.9 Å². The van der Waals surface area contributed by atoms with Crippen molar-refractivity contribution in [3.63, 3.8) is 0 Å². The van der Waals surface area contributed by atoms with E-state index in [9.17, 15) is 13.2 Å². The summed E-state index contributed by atoms with van der Waals surface area (Å²) < 4.78 is 30.7. The fourth-order valence-electron chi connectivity index (χ4n) is 3.18. The maximum Gasteiger partial charge on any atom is 0.232 e. The van der Waals surface area contributed by atoms with Gasteiger partial charge in [0.2, 0.25) is 15.9 Å². The highest BCUT2D eigenvalue weighted by molar-refractivity contribution is 7.92. The summed E-state index contributed by atoms with van der Waals surface area (Å²) in [4.78, 5) is 14.2. The second-order valence-corrected chi connectivity index (χ2v) is 8.63. The first-order chi connectivity index (χ1) is 11.8. The second kappa shape index (κ2) is 8.56. The lowest BCUT2D eigenvalue weighted by atomic mass is 10.00. The fourth-order valence-corrected chi connectivity index (χ4v) is 4.15. The Bertz CT molecular complexity index is 673. The van der Waals surface area contributed by atoms with E-state index in [1.54, 1.807) is 31.4 Å². The molecule has 1 aromatic carbocycles. The number of sulfonamides is 1. The normalized spacial score (nSPS) is 18.0. The zero-order chi connectivity index (χ0) is 18.4. The first kappa shape index (κ1) is 19.6. The van der Waals surface area contributed by atoms with Crippen LogP contribution in [-0.2, 0) is 14.8 Å². The van der Waals surface area contributed by atoms with E-state index < -0.39 is 10.0 Å². The minimum absolute atomic E-state index is 0.120. The predicted molar refractivity (Wildman–Crippen MR) is 99.4 cm³/mol. The Kier molecular flexibility index (Phi) is 6.70. The molecule has 140 valence electrons. The van der Waals surface area contributed by atoms with E-state index >= 15 is 0 Å². The van der Waals surface area contributed by atoms with Gasteiger partial charge < -0.3 is 9.64 Å². The van der Waals surface area contributed by atoms with E-state index in [0.717, 1.165) is 19.5 Å². The van der Waals surface area contributed by atoms with Crippen LogP contribution in [0, 0.1) is 5.92 Å². The molecule has 7 heteroatoms. The number of likely N-dealkylation sites (tertiary alicyclic amines) is 1. The number of hydrogen-bond acceptors (Lipinski definition) is 4. The van der Waals surface area contributed by atoms with Crippen LogP contribution in [0.3, 0.4) is 0 Å². The standard InChI is InChI=1S/C18H28N2O4S/c1-15-6-4-12-19(14-15)18(21)7-5-13-20(25(3,22)23)16-8-10-17(24-2)11-9-16/h8-11,15H,4-7,12-14H2,1-3H3. The number of carbonyl (C=O) groups is 1. The Balaban J connectivity index is 1.95. The summed E-state index contributed by atoms with van der Waals surface area (Å²) in [6, 6.07) is 6.89. The van der Waals surface area contributed by atoms with Gasteiger partial charge in [0.1, 0.15) is 5.75 Å². The summed E-state index contributed by atoms with van der Waals surface area (Å²) in [6.07, 6.45) is 4.28. The Hall–Kier alpha value is -1.76. The topological polar surface area (TPSA) is 66.9 Å². The number of amides is 1. The molecule has 1 aromatic rings. The van der Waals surface area contributed by atoms with Gasteiger partial charge in [-0.2, -0.15) is 0 Å². The summed E-state index contributed by atoms with van der Waals surface area (Å²) in [5, 5.41) is 0. The van der Waals surface area contributed by atoms with Crippen molar-refractivity contribution in [2.75, 3.05) is 37.3 Å². The number of anilines is 1. The average molecular weight is 368 g/mol. The molecule has 0 bridgehead atoms. The molecular formula is C18H28N2O4S. The predicted octanol–water partition coefficient (Wildman–Crippen LogP) is 2.50. The third-order valence-electron chi connectivity index (χ3n) is 4.52. The van der Waals surface area contributed by atoms with Crippen LogP contribution in [0.4, 0.5) is 5.69 Å². The molecule has 0 N–H and O–H groups in total. The first-order valence-corrected chi connectivity index (χ1v) is 10.6. The highest BCUT2D eigenvalue weighted by Gasteiger charge is 2.22. The first-order valence-electron chi connectivity index (χ1n) is 8.71. The van der Waals surface area contributed by atoms with Crippen LogP contribution in [0.15, 0.2) is 24.3 Å². The Morgan fingerprint density at radius 3 is 2.56 bits per heavy atom. The number of piperidine rings is 1. The molecule has 1 saturated heterocycles. The number of rotatable bonds is 7. The van der Waals surface area contributed by atoms with Crippen LogP contribution < -0.4 is 9.04 Å². The van der Waals surface area contributed by atoms with Crippen molar-refractivity contribution in [2.45, 2.75) is 32.6 Å². The zero-order valence-electron chi connectivity index (χ0n) is 15.3. The van der Waals surface area contributed by atoms with Crippen LogP contribution >= 0.6 is 0 Å². The second-order valence-electron chi connectivity index (χ2n) is 6.72. The molecule has 0 aromatic heterocycles. The SMILES string of the molecule is COc1ccc(N(CCCC(=O)N2CCCC(C)C2)S(C)(=O)=O)cc1. The van der Waals surface area contributed by atoms with Crippen LogP contribution in [0.2, 0.25) is 0 Å². The molecule has 0 radical (unpaired) electrons. The maximum atomic E-state index is 12.3. The molecular weight excluding hydrogens is 340 g/mol. The molecule has 1 aliphatic heterocycles. The third-order valence-corrected chi connectivity index (χ3v) is 5.72. The highest BCUT2D eigenvalue weighted by atomic mass is 32.2. The molecule has 1 unspecified atom stereocenters. The fraction of sp³-hybridized carbons (Fsp3) is 0.611. The Morgan fingerprint density at radius 1 is 1.32 bits per heavy atom. The van der Waals surface area contributed by atoms with Crippen LogP contribution in [0.25, 0.3) is 0 Å². The molecule has 1 fully saturated rings. The maximum absolute atomic E-state index is 12.3. The molecule has 6 nitrogen and oxygen atoms in total. The number of ether oxygens (including phenoxy) is 1. The Morgan fingerprint density at radius 2 is 2.00 bits per heavy atom. The number of methoxy groups -OCH3 is 1. The van der Waals surface area contributed by atoms with Gasteiger partial charge in [-0.05, 0) is 49.4 Å². The summed E-state index contributed by atoms with van der Waals surface area (Å²) in [6.45, 7) is 4.08. The van der Waals surface area contributed by atoms with Gasteiger partial charge >= 0.3 is 0 Å². The Labute approximate surface area is 150 Å². The van der Waals surface area contributed by atoms with Crippen LogP contribution in [-0.4, -0.2) is 52.2 Å². The van der Waals surface area contributed by atoms with Gasteiger partial charge in [-0.1, -0.05) is 6.92 Å². The molecule has 0 saturated carbocycles. The summed E-state index contributed by atoms with van der Waals surface area (Å²) in [5.74, 6) is 1.34. The van der Waals surface area contributed by atoms with E-state index in [2.05, 4.69) is 6.92 Å². The smallest absolute Gasteiger partial charge is 0.232 e. The summed E-state index contributed by atoms with van der Waals surface area (Å²) in [5.41, 5.74) is 0.586. The van der Waals surface area contributed by atoms with Crippen molar-refractivity contribution in [2.24, 2.45) is 5.92 Å². The molecule has 0 spiro atoms. The number of nitrogens with zero attached hydrogens (tertiary/aromatic N) is 2. The number of benzene rings is 1. The molecule has 1 atom stereocenters. The molecule has 1 amide bonds. The van der Waals surface area contributed by atoms with Crippen molar-refractivity contribution in [1.29, 1.82) is 0 Å². The molecule has 25 heavy (non-hydrogen) atoms. The van der Waals surface area contributed by atoms with E-state index in [1.807, 2.05) is 4.90 Å². The van der Waals surface area contributed by atoms with Gasteiger partial charge in [0, 0.05) is 26.1 Å². The molecule has 2 rings (SSSR count). The van der Waals surface area contributed by atoms with Gasteiger partial charge in [0.15, 0.2) is 0 Å². The van der Waals surface area contributed by atoms with Crippen molar-refractivity contribution >= 4 is 21.6 Å². The van der Waals surface area contributed by atoms with Gasteiger partial charge in [0.05, 0.1) is 19.1 Å². The number of carbonyl (C=O) groups excluding carboxylic acids is 1. The van der Waals surface area contributed by atoms with Crippen molar-refractivity contribution in [3.05, 3.63) is 24.3 Å². The van der Waals surface area contributed by atoms with Gasteiger partial charge in [-0.3, -0.25) is 9.10 Å². The van der Waals surface area contributed by atoms with Crippen molar-refractivity contribution in [1.82, 2.24) is 4.90 Å². The lowest BCUT2D eigenvalue weighted by Crippen LogP contribution is -2.39. The zero-order valence-corrected chi connectivity index (χ0v) is 16.1. The van der Waals surface area contributed by atoms with Gasteiger partial charge in [0.25, 0.3) is 0 Å². The molecule has 1 heterocycles. The third kappa shape index (κ3) is 5.63. The van der Waals surface area contributed by atoms with E-state index in [1.165, 1.54) is 17.0 Å². The highest BCUT2D eigenvalue weighted by Crippen LogP contribution is 2.22. The monoisotopic (exact) mass is 368 g/mol. The molecule has 0 aliphatic carbocycles. The summed E-state index contributed by atoms with van der Waals surface area (Å²) >= 11 is 0. The average Bonchev–Trinajstić information content (AvgIpc) is 2.57. The van der Waals surface area contributed by atoms with Crippen LogP contribution in [0.5, 0.6) is 5.75 Å². The van der Waals surface area contributed by atoms with E-state index in [-0.39, 0.29) is 5.91 Å². The lowest BCUT2D eigenvalue weighted by Gasteiger charge is -2.31. The summed E-state index contributed by atoms with van der Waals surface area (Å²) in [7, 11) is -1.84.